The van der Waals surface area contributed by atoms with E-state index in [1.165, 1.54) is 0 Å². The van der Waals surface area contributed by atoms with Crippen molar-refractivity contribution in [1.29, 1.82) is 0 Å². The van der Waals surface area contributed by atoms with Crippen LogP contribution in [0.15, 0.2) is 0 Å². The van der Waals surface area contributed by atoms with Gasteiger partial charge >= 0.3 is 0 Å². The molecule has 4 heteroatoms. The van der Waals surface area contributed by atoms with E-state index in [0.717, 1.165) is 0 Å². The fourth-order valence-corrected chi connectivity index (χ4v) is 2.47. The number of carbonyl (C=O) groups excluding carboxylic acids is 1. The lowest BCUT2D eigenvalue weighted by Crippen LogP contribution is -2.59. The fraction of sp³-hybridized carbons (Fsp3) is 0.632. The minimum atomic E-state index is -1.01. The van der Waals surface area contributed by atoms with Crippen molar-refractivity contribution in [3.05, 3.63) is 0 Å². The van der Waals surface area contributed by atoms with E-state index in [0.29, 0.717) is 19.5 Å². The molecule has 0 aromatic carbocycles. The summed E-state index contributed by atoms with van der Waals surface area (Å²) in [5, 5.41) is 0. The van der Waals surface area contributed by atoms with Crippen LogP contribution in [0, 0.1) is 54.3 Å². The van der Waals surface area contributed by atoms with Crippen LogP contribution < -0.4 is 5.73 Å². The Balaban J connectivity index is 0. The molecule has 0 aliphatic heterocycles. The van der Waals surface area contributed by atoms with Gasteiger partial charge in [0.25, 0.3) is 0 Å². The van der Waals surface area contributed by atoms with Gasteiger partial charge in [0, 0.05) is 11.8 Å². The lowest BCUT2D eigenvalue weighted by atomic mass is 9.87. The van der Waals surface area contributed by atoms with Crippen LogP contribution in [0.3, 0.4) is 0 Å². The number of carbonyl (C=O) groups is 1. The Labute approximate surface area is 148 Å². The Morgan fingerprint density at radius 1 is 1.17 bits per heavy atom. The first-order chi connectivity index (χ1) is 10.3. The van der Waals surface area contributed by atoms with Gasteiger partial charge in [-0.25, -0.2) is 0 Å². The molecule has 0 amide bonds. The Hall–Kier alpha value is -1.44. The average molecular weight is 337 g/mol. The van der Waals surface area contributed by atoms with Gasteiger partial charge in [0.2, 0.25) is 5.78 Å². The van der Waals surface area contributed by atoms with Gasteiger partial charge in [-0.2, -0.15) is 0 Å². The van der Waals surface area contributed by atoms with Gasteiger partial charge in [-0.15, -0.1) is 31.2 Å². The highest BCUT2D eigenvalue weighted by Gasteiger charge is 2.34. The third-order valence-corrected chi connectivity index (χ3v) is 4.23. The zero-order chi connectivity index (χ0) is 17.3. The molecule has 0 fully saturated rings. The van der Waals surface area contributed by atoms with Crippen molar-refractivity contribution in [3.8, 4) is 36.5 Å². The van der Waals surface area contributed by atoms with Crippen molar-refractivity contribution in [1.82, 2.24) is 4.90 Å². The molecule has 0 saturated heterocycles. The predicted molar refractivity (Wildman–Crippen MR) is 99.6 cm³/mol. The number of ketones is 1. The fourth-order valence-electron chi connectivity index (χ4n) is 2.47. The summed E-state index contributed by atoms with van der Waals surface area (Å²) >= 11 is 0. The maximum Gasteiger partial charge on any atom is 0.209 e. The average Bonchev–Trinajstić information content (AvgIpc) is 2.53. The second-order valence-electron chi connectivity index (χ2n) is 5.47. The van der Waals surface area contributed by atoms with Crippen molar-refractivity contribution in [2.24, 2.45) is 23.5 Å². The molecule has 0 saturated carbocycles. The summed E-state index contributed by atoms with van der Waals surface area (Å²) in [7, 11) is 0. The Kier molecular flexibility index (Phi) is 11.5. The van der Waals surface area contributed by atoms with E-state index in [9.17, 15) is 4.79 Å². The van der Waals surface area contributed by atoms with E-state index in [4.69, 9.17) is 18.6 Å². The molecule has 0 heterocycles. The minimum absolute atomic E-state index is 0. The maximum atomic E-state index is 12.3. The van der Waals surface area contributed by atoms with Crippen LogP contribution in [0.5, 0.6) is 0 Å². The topological polar surface area (TPSA) is 46.3 Å². The molecular weight excluding hydrogens is 308 g/mol. The molecule has 4 atom stereocenters. The summed E-state index contributed by atoms with van der Waals surface area (Å²) in [6.07, 6.45) is 11.6. The maximum absolute atomic E-state index is 12.3. The second-order valence-corrected chi connectivity index (χ2v) is 5.47. The minimum Gasteiger partial charge on any atom is -0.302 e. The third kappa shape index (κ3) is 5.93. The monoisotopic (exact) mass is 336 g/mol. The first kappa shape index (κ1) is 23.8. The molecule has 0 aliphatic rings. The number of rotatable bonds is 7. The Morgan fingerprint density at radius 3 is 2.04 bits per heavy atom. The molecule has 0 spiro atoms. The molecule has 0 radical (unpaired) electrons. The number of hydrogen-bond acceptors (Lipinski definition) is 3. The van der Waals surface area contributed by atoms with Gasteiger partial charge in [-0.3, -0.25) is 9.69 Å². The highest BCUT2D eigenvalue weighted by atomic mass is 35.5. The largest absolute Gasteiger partial charge is 0.302 e. The van der Waals surface area contributed by atoms with Crippen LogP contribution in [0.1, 0.15) is 41.0 Å². The number of nitrogens with two attached hydrogens (primary N) is 1. The molecule has 4 unspecified atom stereocenters. The van der Waals surface area contributed by atoms with E-state index in [2.05, 4.69) is 23.7 Å². The molecule has 2 N–H and O–H groups in total. The summed E-state index contributed by atoms with van der Waals surface area (Å²) in [5.74, 6) is 10.0. The molecule has 3 nitrogen and oxygen atoms in total. The van der Waals surface area contributed by atoms with Gasteiger partial charge in [-0.1, -0.05) is 39.5 Å². The summed E-state index contributed by atoms with van der Waals surface area (Å²) in [4.78, 5) is 14.3. The standard InChI is InChI=1S/C19H28N2O.ClH/c1-8-15(6)17(10-3)18(22)13-14-19(20,16(7)9-2)21(11-4)12-5;/h1-2,15-17H,10-12,20H2,3-7H3;1H. The smallest absolute Gasteiger partial charge is 0.209 e. The summed E-state index contributed by atoms with van der Waals surface area (Å²) in [6, 6.07) is 0. The molecular formula is C19H29ClN2O. The number of nitrogens with zero attached hydrogens (tertiary/aromatic N) is 1. The van der Waals surface area contributed by atoms with Crippen LogP contribution in [0.2, 0.25) is 0 Å². The SMILES string of the molecule is C#CC(C)C(CC)C(=O)C#CC(N)(C(C)C#C)N(CC)CC.Cl. The van der Waals surface area contributed by atoms with Crippen LogP contribution in [0.4, 0.5) is 0 Å². The van der Waals surface area contributed by atoms with Gasteiger partial charge in [0.1, 0.15) is 5.66 Å². The van der Waals surface area contributed by atoms with Crippen LogP contribution in [0.25, 0.3) is 0 Å². The Morgan fingerprint density at radius 2 is 1.70 bits per heavy atom. The van der Waals surface area contributed by atoms with Gasteiger partial charge in [0.05, 0.1) is 5.92 Å². The summed E-state index contributed by atoms with van der Waals surface area (Å²) < 4.78 is 0. The molecule has 0 rings (SSSR count). The zero-order valence-corrected chi connectivity index (χ0v) is 15.7. The quantitative estimate of drug-likeness (QED) is 0.441. The molecule has 0 aromatic heterocycles. The zero-order valence-electron chi connectivity index (χ0n) is 14.8. The number of terminal acetylenes is 2. The van der Waals surface area contributed by atoms with Crippen molar-refractivity contribution in [3.63, 3.8) is 0 Å². The molecule has 23 heavy (non-hydrogen) atoms. The number of halogens is 1. The van der Waals surface area contributed by atoms with Crippen LogP contribution in [-0.4, -0.2) is 29.4 Å². The first-order valence-corrected chi connectivity index (χ1v) is 7.85. The van der Waals surface area contributed by atoms with E-state index in [1.54, 1.807) is 0 Å². The predicted octanol–water partition coefficient (Wildman–Crippen LogP) is 2.54. The van der Waals surface area contributed by atoms with Crippen molar-refractivity contribution in [2.75, 3.05) is 13.1 Å². The van der Waals surface area contributed by atoms with E-state index in [1.807, 2.05) is 39.5 Å². The van der Waals surface area contributed by atoms with Crippen LogP contribution >= 0.6 is 12.4 Å². The normalized spacial score (nSPS) is 16.4. The van der Waals surface area contributed by atoms with Crippen LogP contribution in [-0.2, 0) is 4.79 Å². The third-order valence-electron chi connectivity index (χ3n) is 4.23. The summed E-state index contributed by atoms with van der Waals surface area (Å²) in [6.45, 7) is 11.0. The first-order valence-electron chi connectivity index (χ1n) is 7.85. The van der Waals surface area contributed by atoms with E-state index in [-0.39, 0.29) is 35.9 Å². The molecule has 0 aromatic rings. The van der Waals surface area contributed by atoms with Gasteiger partial charge < -0.3 is 5.73 Å². The highest BCUT2D eigenvalue weighted by Crippen LogP contribution is 2.19. The molecule has 128 valence electrons. The van der Waals surface area contributed by atoms with Crippen molar-refractivity contribution < 1.29 is 4.79 Å². The van der Waals surface area contributed by atoms with Gasteiger partial charge in [-0.05, 0) is 32.4 Å². The Bertz CT molecular complexity index is 516. The lowest BCUT2D eigenvalue weighted by Gasteiger charge is -2.38. The van der Waals surface area contributed by atoms with E-state index < -0.39 is 5.66 Å². The van der Waals surface area contributed by atoms with Crippen molar-refractivity contribution in [2.45, 2.75) is 46.7 Å². The second kappa shape index (κ2) is 11.2. The number of hydrogen-bond donors (Lipinski definition) is 1. The van der Waals surface area contributed by atoms with E-state index >= 15 is 0 Å². The summed E-state index contributed by atoms with van der Waals surface area (Å²) in [5.41, 5.74) is 5.42. The number of Topliss-reactive ketones (excluding diaryl/α,β-unsaturated/α-hetero) is 1. The molecule has 0 aliphatic carbocycles. The van der Waals surface area contributed by atoms with Crippen molar-refractivity contribution >= 4 is 18.2 Å². The van der Waals surface area contributed by atoms with Gasteiger partial charge in [0.15, 0.2) is 0 Å². The highest BCUT2D eigenvalue weighted by molar-refractivity contribution is 5.97. The molecule has 0 bridgehead atoms. The lowest BCUT2D eigenvalue weighted by molar-refractivity contribution is -0.118.